The van der Waals surface area contributed by atoms with Gasteiger partial charge in [0.25, 0.3) is 5.89 Å². The molecular weight excluding hydrogens is 257 g/mol. The Kier molecular flexibility index (Phi) is 3.16. The Morgan fingerprint density at radius 2 is 1.90 bits per heavy atom. The SMILES string of the molecule is Nc1ccc(-c2nc(Cc3ccccc3)no2)cc1F. The first-order valence-corrected chi connectivity index (χ1v) is 6.14. The fourth-order valence-electron chi connectivity index (χ4n) is 1.88. The molecular formula is C15H12FN3O. The third-order valence-electron chi connectivity index (χ3n) is 2.92. The van der Waals surface area contributed by atoms with Crippen LogP contribution >= 0.6 is 0 Å². The molecule has 5 heteroatoms. The first kappa shape index (κ1) is 12.3. The quantitative estimate of drug-likeness (QED) is 0.742. The second-order valence-electron chi connectivity index (χ2n) is 4.41. The molecule has 1 heterocycles. The van der Waals surface area contributed by atoms with Crippen LogP contribution < -0.4 is 5.73 Å². The Hall–Kier alpha value is -2.69. The molecule has 3 rings (SSSR count). The molecule has 0 unspecified atom stereocenters. The molecule has 0 spiro atoms. The zero-order chi connectivity index (χ0) is 13.9. The molecule has 0 fully saturated rings. The predicted molar refractivity (Wildman–Crippen MR) is 73.4 cm³/mol. The van der Waals surface area contributed by atoms with E-state index in [0.29, 0.717) is 17.8 Å². The van der Waals surface area contributed by atoms with E-state index in [9.17, 15) is 4.39 Å². The lowest BCUT2D eigenvalue weighted by molar-refractivity contribution is 0.423. The summed E-state index contributed by atoms with van der Waals surface area (Å²) in [6.07, 6.45) is 0.571. The van der Waals surface area contributed by atoms with E-state index in [4.69, 9.17) is 10.3 Å². The van der Waals surface area contributed by atoms with Crippen LogP contribution in [0, 0.1) is 5.82 Å². The summed E-state index contributed by atoms with van der Waals surface area (Å²) in [5.41, 5.74) is 7.13. The van der Waals surface area contributed by atoms with Crippen LogP contribution in [0.2, 0.25) is 0 Å². The van der Waals surface area contributed by atoms with Gasteiger partial charge in [-0.2, -0.15) is 4.98 Å². The highest BCUT2D eigenvalue weighted by Crippen LogP contribution is 2.21. The van der Waals surface area contributed by atoms with Crippen molar-refractivity contribution in [3.05, 3.63) is 65.7 Å². The molecule has 0 atom stereocenters. The van der Waals surface area contributed by atoms with Gasteiger partial charge in [0.15, 0.2) is 5.82 Å². The summed E-state index contributed by atoms with van der Waals surface area (Å²) in [5.74, 6) is 0.351. The van der Waals surface area contributed by atoms with Crippen LogP contribution in [0.25, 0.3) is 11.5 Å². The molecule has 20 heavy (non-hydrogen) atoms. The van der Waals surface area contributed by atoms with Crippen molar-refractivity contribution in [2.45, 2.75) is 6.42 Å². The molecule has 2 N–H and O–H groups in total. The average Bonchev–Trinajstić information content (AvgIpc) is 2.91. The van der Waals surface area contributed by atoms with Crippen LogP contribution in [-0.2, 0) is 6.42 Å². The Bertz CT molecular complexity index is 725. The van der Waals surface area contributed by atoms with Crippen LogP contribution in [0.3, 0.4) is 0 Å². The van der Waals surface area contributed by atoms with Crippen molar-refractivity contribution >= 4 is 5.69 Å². The van der Waals surface area contributed by atoms with Crippen molar-refractivity contribution < 1.29 is 8.91 Å². The van der Waals surface area contributed by atoms with E-state index in [2.05, 4.69) is 10.1 Å². The van der Waals surface area contributed by atoms with Crippen molar-refractivity contribution in [2.75, 3.05) is 5.73 Å². The molecule has 0 aliphatic heterocycles. The van der Waals surface area contributed by atoms with Crippen LogP contribution in [-0.4, -0.2) is 10.1 Å². The maximum atomic E-state index is 13.4. The van der Waals surface area contributed by atoms with E-state index in [1.54, 1.807) is 6.07 Å². The van der Waals surface area contributed by atoms with Gasteiger partial charge in [-0.3, -0.25) is 0 Å². The number of hydrogen-bond donors (Lipinski definition) is 1. The number of anilines is 1. The Morgan fingerprint density at radius 1 is 1.10 bits per heavy atom. The molecule has 0 saturated heterocycles. The summed E-state index contributed by atoms with van der Waals surface area (Å²) in [4.78, 5) is 4.26. The Morgan fingerprint density at radius 3 is 2.65 bits per heavy atom. The summed E-state index contributed by atoms with van der Waals surface area (Å²) < 4.78 is 18.6. The Balaban J connectivity index is 1.84. The number of nitrogen functional groups attached to an aromatic ring is 1. The zero-order valence-corrected chi connectivity index (χ0v) is 10.6. The minimum atomic E-state index is -0.495. The van der Waals surface area contributed by atoms with Gasteiger partial charge in [0.1, 0.15) is 5.82 Å². The van der Waals surface area contributed by atoms with E-state index in [-0.39, 0.29) is 11.6 Å². The number of nitrogens with two attached hydrogens (primary N) is 1. The fourth-order valence-corrected chi connectivity index (χ4v) is 1.88. The molecule has 1 aromatic heterocycles. The van der Waals surface area contributed by atoms with Crippen LogP contribution in [0.15, 0.2) is 53.1 Å². The van der Waals surface area contributed by atoms with Crippen molar-refractivity contribution in [3.8, 4) is 11.5 Å². The van der Waals surface area contributed by atoms with E-state index >= 15 is 0 Å². The fraction of sp³-hybridized carbons (Fsp3) is 0.0667. The lowest BCUT2D eigenvalue weighted by Gasteiger charge is -1.97. The molecule has 0 aliphatic carbocycles. The minimum absolute atomic E-state index is 0.0952. The van der Waals surface area contributed by atoms with E-state index in [1.165, 1.54) is 12.1 Å². The van der Waals surface area contributed by atoms with Gasteiger partial charge in [-0.25, -0.2) is 4.39 Å². The maximum Gasteiger partial charge on any atom is 0.258 e. The lowest BCUT2D eigenvalue weighted by Crippen LogP contribution is -1.91. The van der Waals surface area contributed by atoms with Gasteiger partial charge in [-0.15, -0.1) is 0 Å². The minimum Gasteiger partial charge on any atom is -0.396 e. The number of nitrogens with zero attached hydrogens (tertiary/aromatic N) is 2. The Labute approximate surface area is 115 Å². The molecule has 2 aromatic carbocycles. The topological polar surface area (TPSA) is 64.9 Å². The van der Waals surface area contributed by atoms with Crippen molar-refractivity contribution in [1.82, 2.24) is 10.1 Å². The third-order valence-corrected chi connectivity index (χ3v) is 2.92. The summed E-state index contributed by atoms with van der Waals surface area (Å²) in [5, 5.41) is 3.90. The standard InChI is InChI=1S/C15H12FN3O/c16-12-9-11(6-7-13(12)17)15-18-14(19-20-15)8-10-4-2-1-3-5-10/h1-7,9H,8,17H2. The number of aromatic nitrogens is 2. The van der Waals surface area contributed by atoms with Gasteiger partial charge < -0.3 is 10.3 Å². The highest BCUT2D eigenvalue weighted by molar-refractivity contribution is 5.57. The number of hydrogen-bond acceptors (Lipinski definition) is 4. The van der Waals surface area contributed by atoms with Crippen molar-refractivity contribution in [2.24, 2.45) is 0 Å². The predicted octanol–water partition coefficient (Wildman–Crippen LogP) is 3.05. The molecule has 100 valence electrons. The molecule has 0 aliphatic rings. The lowest BCUT2D eigenvalue weighted by atomic mass is 10.1. The van der Waals surface area contributed by atoms with E-state index in [1.807, 2.05) is 30.3 Å². The van der Waals surface area contributed by atoms with Crippen LogP contribution in [0.4, 0.5) is 10.1 Å². The highest BCUT2D eigenvalue weighted by atomic mass is 19.1. The first-order chi connectivity index (χ1) is 9.72. The third kappa shape index (κ3) is 2.51. The van der Waals surface area contributed by atoms with Gasteiger partial charge in [-0.05, 0) is 23.8 Å². The summed E-state index contributed by atoms with van der Waals surface area (Å²) in [6, 6.07) is 14.2. The number of halogens is 1. The van der Waals surface area contributed by atoms with Crippen LogP contribution in [0.1, 0.15) is 11.4 Å². The normalized spacial score (nSPS) is 10.7. The van der Waals surface area contributed by atoms with E-state index in [0.717, 1.165) is 5.56 Å². The second kappa shape index (κ2) is 5.13. The molecule has 4 nitrogen and oxygen atoms in total. The number of rotatable bonds is 3. The average molecular weight is 269 g/mol. The van der Waals surface area contributed by atoms with Crippen molar-refractivity contribution in [1.29, 1.82) is 0 Å². The first-order valence-electron chi connectivity index (χ1n) is 6.14. The smallest absolute Gasteiger partial charge is 0.258 e. The van der Waals surface area contributed by atoms with Gasteiger partial charge in [0.05, 0.1) is 5.69 Å². The molecule has 3 aromatic rings. The van der Waals surface area contributed by atoms with E-state index < -0.39 is 5.82 Å². The zero-order valence-electron chi connectivity index (χ0n) is 10.6. The monoisotopic (exact) mass is 269 g/mol. The van der Waals surface area contributed by atoms with Gasteiger partial charge in [0, 0.05) is 12.0 Å². The van der Waals surface area contributed by atoms with Crippen molar-refractivity contribution in [3.63, 3.8) is 0 Å². The van der Waals surface area contributed by atoms with Crippen LogP contribution in [0.5, 0.6) is 0 Å². The molecule has 0 amide bonds. The molecule has 0 radical (unpaired) electrons. The molecule has 0 bridgehead atoms. The number of benzene rings is 2. The summed E-state index contributed by atoms with van der Waals surface area (Å²) in [7, 11) is 0. The molecule has 0 saturated carbocycles. The second-order valence-corrected chi connectivity index (χ2v) is 4.41. The van der Waals surface area contributed by atoms with Gasteiger partial charge >= 0.3 is 0 Å². The largest absolute Gasteiger partial charge is 0.396 e. The van der Waals surface area contributed by atoms with Gasteiger partial charge in [0.2, 0.25) is 0 Å². The highest BCUT2D eigenvalue weighted by Gasteiger charge is 2.11. The maximum absolute atomic E-state index is 13.4. The summed E-state index contributed by atoms with van der Waals surface area (Å²) in [6.45, 7) is 0. The summed E-state index contributed by atoms with van der Waals surface area (Å²) >= 11 is 0. The van der Waals surface area contributed by atoms with Gasteiger partial charge in [-0.1, -0.05) is 35.5 Å².